The van der Waals surface area contributed by atoms with Crippen molar-refractivity contribution >= 4 is 35.2 Å². The fourth-order valence-electron chi connectivity index (χ4n) is 3.87. The second-order valence-corrected chi connectivity index (χ2v) is 9.34. The number of thioether (sulfide) groups is 1. The average molecular weight is 460 g/mol. The fraction of sp³-hybridized carbons (Fsp3) is 0.200. The van der Waals surface area contributed by atoms with E-state index in [-0.39, 0.29) is 18.4 Å². The number of amides is 2. The van der Waals surface area contributed by atoms with Crippen LogP contribution in [0.2, 0.25) is 5.02 Å². The monoisotopic (exact) mass is 459 g/mol. The van der Waals surface area contributed by atoms with Crippen LogP contribution in [0.5, 0.6) is 0 Å². The highest BCUT2D eigenvalue weighted by Gasteiger charge is 2.34. The summed E-state index contributed by atoms with van der Waals surface area (Å²) in [7, 11) is 0. The fourth-order valence-corrected chi connectivity index (χ4v) is 4.94. The van der Waals surface area contributed by atoms with Crippen molar-refractivity contribution in [2.75, 3.05) is 12.3 Å². The molecule has 5 nitrogen and oxygen atoms in total. The van der Waals surface area contributed by atoms with E-state index in [2.05, 4.69) is 6.07 Å². The third-order valence-corrected chi connectivity index (χ3v) is 6.91. The van der Waals surface area contributed by atoms with Gasteiger partial charge in [0.05, 0.1) is 16.7 Å². The van der Waals surface area contributed by atoms with Gasteiger partial charge >= 0.3 is 0 Å². The van der Waals surface area contributed by atoms with E-state index < -0.39 is 0 Å². The number of imide groups is 1. The maximum atomic E-state index is 12.6. The van der Waals surface area contributed by atoms with Crippen molar-refractivity contribution in [3.05, 3.63) is 82.0 Å². The molecule has 0 saturated heterocycles. The second kappa shape index (κ2) is 8.42. The maximum absolute atomic E-state index is 12.6. The van der Waals surface area contributed by atoms with Gasteiger partial charge in [0, 0.05) is 34.5 Å². The number of carbonyl (C=O) groups excluding carboxylic acids is 2. The van der Waals surface area contributed by atoms with Crippen molar-refractivity contribution in [2.45, 2.75) is 23.8 Å². The molecule has 0 bridgehead atoms. The van der Waals surface area contributed by atoms with Crippen molar-refractivity contribution in [1.82, 2.24) is 9.88 Å². The summed E-state index contributed by atoms with van der Waals surface area (Å²) < 4.78 is 0. The quantitative estimate of drug-likeness (QED) is 0.357. The third kappa shape index (κ3) is 3.79. The van der Waals surface area contributed by atoms with Gasteiger partial charge in [0.15, 0.2) is 0 Å². The molecule has 1 fully saturated rings. The summed E-state index contributed by atoms with van der Waals surface area (Å²) in [6.07, 6.45) is 2.19. The first-order valence-electron chi connectivity index (χ1n) is 10.4. The maximum Gasteiger partial charge on any atom is 0.261 e. The van der Waals surface area contributed by atoms with Gasteiger partial charge in [0.1, 0.15) is 11.1 Å². The number of fused-ring (bicyclic) bond motifs is 1. The first-order valence-corrected chi connectivity index (χ1v) is 11.7. The summed E-state index contributed by atoms with van der Waals surface area (Å²) in [5.41, 5.74) is 4.13. The van der Waals surface area contributed by atoms with Crippen molar-refractivity contribution in [3.8, 4) is 17.2 Å². The standard InChI is InChI=1S/C25H18ClN3O2S/c26-17-9-7-15(8-10-17)20-13-22(16-5-6-16)28-23(21(20)14-27)32-12-11-29-24(30)18-3-1-2-4-19(18)25(29)31/h1-4,7-10,13,16H,5-6,11-12H2. The lowest BCUT2D eigenvalue weighted by molar-refractivity contribution is 0.0664. The van der Waals surface area contributed by atoms with Gasteiger partial charge in [-0.05, 0) is 48.7 Å². The lowest BCUT2D eigenvalue weighted by atomic mass is 10.0. The number of nitriles is 1. The Hall–Kier alpha value is -3.14. The van der Waals surface area contributed by atoms with Crippen LogP contribution in [0.1, 0.15) is 50.7 Å². The van der Waals surface area contributed by atoms with Gasteiger partial charge < -0.3 is 0 Å². The number of carbonyl (C=O) groups is 2. The zero-order valence-electron chi connectivity index (χ0n) is 17.0. The normalized spacial score (nSPS) is 15.1. The van der Waals surface area contributed by atoms with Gasteiger partial charge in [-0.3, -0.25) is 14.5 Å². The van der Waals surface area contributed by atoms with Gasteiger partial charge in [-0.25, -0.2) is 4.98 Å². The van der Waals surface area contributed by atoms with E-state index in [0.29, 0.717) is 38.4 Å². The van der Waals surface area contributed by atoms with E-state index in [9.17, 15) is 14.9 Å². The summed E-state index contributed by atoms with van der Waals surface area (Å²) in [5.74, 6) is 0.340. The first-order chi connectivity index (χ1) is 15.6. The van der Waals surface area contributed by atoms with Crippen LogP contribution in [-0.4, -0.2) is 34.0 Å². The summed E-state index contributed by atoms with van der Waals surface area (Å²) in [5, 5.41) is 11.2. The minimum Gasteiger partial charge on any atom is -0.273 e. The minimum atomic E-state index is -0.270. The van der Waals surface area contributed by atoms with Crippen molar-refractivity contribution in [3.63, 3.8) is 0 Å². The van der Waals surface area contributed by atoms with Crippen molar-refractivity contribution < 1.29 is 9.59 Å². The Labute approximate surface area is 195 Å². The highest BCUT2D eigenvalue weighted by atomic mass is 35.5. The van der Waals surface area contributed by atoms with Crippen molar-refractivity contribution in [2.24, 2.45) is 0 Å². The Bertz CT molecular complexity index is 1240. The number of rotatable bonds is 6. The molecule has 158 valence electrons. The number of hydrogen-bond donors (Lipinski definition) is 0. The molecule has 1 aliphatic carbocycles. The second-order valence-electron chi connectivity index (χ2n) is 7.82. The smallest absolute Gasteiger partial charge is 0.261 e. The van der Waals surface area contributed by atoms with Crippen LogP contribution >= 0.6 is 23.4 Å². The van der Waals surface area contributed by atoms with Gasteiger partial charge in [-0.15, -0.1) is 11.8 Å². The molecule has 1 saturated carbocycles. The van der Waals surface area contributed by atoms with Gasteiger partial charge in [-0.1, -0.05) is 35.9 Å². The number of hydrogen-bond acceptors (Lipinski definition) is 5. The topological polar surface area (TPSA) is 74.1 Å². The van der Waals surface area contributed by atoms with Crippen LogP contribution in [0.4, 0.5) is 0 Å². The molecule has 2 amide bonds. The molecular weight excluding hydrogens is 442 g/mol. The Balaban J connectivity index is 1.40. The summed E-state index contributed by atoms with van der Waals surface area (Å²) in [4.78, 5) is 31.3. The number of pyridine rings is 1. The highest BCUT2D eigenvalue weighted by molar-refractivity contribution is 7.99. The lowest BCUT2D eigenvalue weighted by Crippen LogP contribution is -2.31. The molecule has 1 aliphatic heterocycles. The van der Waals surface area contributed by atoms with Crippen LogP contribution in [-0.2, 0) is 0 Å². The first kappa shape index (κ1) is 20.7. The Morgan fingerprint density at radius 2 is 1.69 bits per heavy atom. The average Bonchev–Trinajstić information content (AvgIpc) is 3.63. The zero-order valence-corrected chi connectivity index (χ0v) is 18.6. The molecule has 2 aliphatic rings. The Kier molecular flexibility index (Phi) is 5.46. The van der Waals surface area contributed by atoms with Crippen molar-refractivity contribution in [1.29, 1.82) is 5.26 Å². The van der Waals surface area contributed by atoms with Crippen LogP contribution in [0.25, 0.3) is 11.1 Å². The van der Waals surface area contributed by atoms with Crippen LogP contribution < -0.4 is 0 Å². The number of halogens is 1. The van der Waals surface area contributed by atoms with Crippen LogP contribution in [0.15, 0.2) is 59.6 Å². The highest BCUT2D eigenvalue weighted by Crippen LogP contribution is 2.42. The van der Waals surface area contributed by atoms with E-state index in [1.807, 2.05) is 30.3 Å². The number of benzene rings is 2. The van der Waals surface area contributed by atoms with Gasteiger partial charge in [-0.2, -0.15) is 5.26 Å². The molecule has 0 radical (unpaired) electrons. The van der Waals surface area contributed by atoms with E-state index in [1.165, 1.54) is 16.7 Å². The predicted octanol–water partition coefficient (Wildman–Crippen LogP) is 5.54. The van der Waals surface area contributed by atoms with Crippen LogP contribution in [0.3, 0.4) is 0 Å². The molecule has 32 heavy (non-hydrogen) atoms. The summed E-state index contributed by atoms with van der Waals surface area (Å²) in [6, 6.07) is 18.6. The third-order valence-electron chi connectivity index (χ3n) is 5.70. The lowest BCUT2D eigenvalue weighted by Gasteiger charge is -2.15. The largest absolute Gasteiger partial charge is 0.273 e. The molecule has 7 heteroatoms. The Morgan fingerprint density at radius 3 is 2.28 bits per heavy atom. The minimum absolute atomic E-state index is 0.257. The van der Waals surface area contributed by atoms with E-state index in [0.717, 1.165) is 29.7 Å². The molecule has 3 aromatic rings. The number of aromatic nitrogens is 1. The molecule has 0 unspecified atom stereocenters. The molecule has 2 heterocycles. The van der Waals surface area contributed by atoms with Crippen LogP contribution in [0, 0.1) is 11.3 Å². The molecule has 2 aromatic carbocycles. The predicted molar refractivity (Wildman–Crippen MR) is 124 cm³/mol. The molecular formula is C25H18ClN3O2S. The van der Waals surface area contributed by atoms with E-state index in [1.54, 1.807) is 24.3 Å². The van der Waals surface area contributed by atoms with Gasteiger partial charge in [0.2, 0.25) is 0 Å². The molecule has 0 spiro atoms. The van der Waals surface area contributed by atoms with Gasteiger partial charge in [0.25, 0.3) is 11.8 Å². The summed E-state index contributed by atoms with van der Waals surface area (Å²) >= 11 is 7.45. The van der Waals surface area contributed by atoms with E-state index >= 15 is 0 Å². The molecule has 5 rings (SSSR count). The molecule has 0 N–H and O–H groups in total. The molecule has 1 aromatic heterocycles. The summed E-state index contributed by atoms with van der Waals surface area (Å²) in [6.45, 7) is 0.257. The van der Waals surface area contributed by atoms with E-state index in [4.69, 9.17) is 16.6 Å². The Morgan fingerprint density at radius 1 is 1.03 bits per heavy atom. The number of nitrogens with zero attached hydrogens (tertiary/aromatic N) is 3. The zero-order chi connectivity index (χ0) is 22.2. The molecule has 0 atom stereocenters. The SMILES string of the molecule is N#Cc1c(-c2ccc(Cl)cc2)cc(C2CC2)nc1SCCN1C(=O)c2ccccc2C1=O.